The Morgan fingerprint density at radius 3 is 2.71 bits per heavy atom. The second kappa shape index (κ2) is 10.2. The first-order valence-corrected chi connectivity index (χ1v) is 11.3. The van der Waals surface area contributed by atoms with Crippen molar-refractivity contribution in [2.45, 2.75) is 22.9 Å². The number of ether oxygens (including phenoxy) is 1. The van der Waals surface area contributed by atoms with Crippen molar-refractivity contribution in [2.75, 3.05) is 12.4 Å². The van der Waals surface area contributed by atoms with Crippen LogP contribution in [0.4, 0.5) is 5.13 Å². The third-order valence-corrected chi connectivity index (χ3v) is 6.28. The Bertz CT molecular complexity index is 1130. The molecule has 4 aromatic rings. The Morgan fingerprint density at radius 2 is 1.94 bits per heavy atom. The lowest BCUT2D eigenvalue weighted by Gasteiger charge is -1.99. The average molecular weight is 454 g/mol. The highest BCUT2D eigenvalue weighted by Crippen LogP contribution is 2.28. The molecule has 0 spiro atoms. The number of hydrogen-bond donors (Lipinski definition) is 1. The van der Waals surface area contributed by atoms with E-state index in [-0.39, 0.29) is 12.3 Å². The van der Waals surface area contributed by atoms with Crippen LogP contribution in [0.2, 0.25) is 0 Å². The molecule has 0 unspecified atom stereocenters. The summed E-state index contributed by atoms with van der Waals surface area (Å²) in [7, 11) is 1.61. The van der Waals surface area contributed by atoms with Crippen LogP contribution in [0.1, 0.15) is 17.9 Å². The van der Waals surface area contributed by atoms with Crippen LogP contribution in [0.3, 0.4) is 0 Å². The maximum atomic E-state index is 12.2. The van der Waals surface area contributed by atoms with E-state index in [1.165, 1.54) is 16.9 Å². The van der Waals surface area contributed by atoms with Crippen molar-refractivity contribution in [3.05, 3.63) is 66.1 Å². The summed E-state index contributed by atoms with van der Waals surface area (Å²) in [6.07, 6.45) is 0.541. The highest BCUT2D eigenvalue weighted by Gasteiger charge is 2.13. The fraction of sp³-hybridized carbons (Fsp3) is 0.190. The summed E-state index contributed by atoms with van der Waals surface area (Å²) in [6, 6.07) is 17.5. The Labute approximate surface area is 187 Å². The topological polar surface area (TPSA) is 103 Å². The van der Waals surface area contributed by atoms with E-state index in [1.54, 1.807) is 18.9 Å². The average Bonchev–Trinajstić information content (AvgIpc) is 3.47. The van der Waals surface area contributed by atoms with Gasteiger partial charge in [0.05, 0.1) is 7.11 Å². The number of rotatable bonds is 9. The predicted molar refractivity (Wildman–Crippen MR) is 119 cm³/mol. The van der Waals surface area contributed by atoms with E-state index >= 15 is 0 Å². The summed E-state index contributed by atoms with van der Waals surface area (Å²) in [5.74, 6) is 2.25. The smallest absolute Gasteiger partial charge is 0.227 e. The fourth-order valence-electron chi connectivity index (χ4n) is 2.65. The molecule has 8 nitrogen and oxygen atoms in total. The van der Waals surface area contributed by atoms with E-state index in [2.05, 4.69) is 37.8 Å². The molecule has 10 heteroatoms. The van der Waals surface area contributed by atoms with Gasteiger partial charge < -0.3 is 14.6 Å². The number of amides is 1. The van der Waals surface area contributed by atoms with E-state index < -0.39 is 0 Å². The highest BCUT2D eigenvalue weighted by molar-refractivity contribution is 8.00. The van der Waals surface area contributed by atoms with Gasteiger partial charge in [-0.15, -0.1) is 10.2 Å². The van der Waals surface area contributed by atoms with E-state index in [1.807, 2.05) is 42.5 Å². The van der Waals surface area contributed by atoms with Gasteiger partial charge in [0.25, 0.3) is 0 Å². The van der Waals surface area contributed by atoms with Crippen LogP contribution in [-0.2, 0) is 17.0 Å². The van der Waals surface area contributed by atoms with Gasteiger partial charge in [-0.25, -0.2) is 0 Å². The third-order valence-electron chi connectivity index (χ3n) is 4.24. The molecule has 2 aromatic heterocycles. The first-order chi connectivity index (χ1) is 15.2. The van der Waals surface area contributed by atoms with Crippen molar-refractivity contribution in [1.29, 1.82) is 0 Å². The molecule has 1 N–H and O–H groups in total. The summed E-state index contributed by atoms with van der Waals surface area (Å²) in [5, 5.41) is 15.4. The lowest BCUT2D eigenvalue weighted by atomic mass is 10.2. The van der Waals surface area contributed by atoms with Crippen molar-refractivity contribution >= 4 is 34.1 Å². The molecule has 0 aliphatic heterocycles. The number of thioether (sulfide) groups is 1. The number of hydrogen-bond acceptors (Lipinski definition) is 9. The van der Waals surface area contributed by atoms with E-state index in [9.17, 15) is 4.79 Å². The molecule has 31 heavy (non-hydrogen) atoms. The number of aromatic nitrogens is 4. The van der Waals surface area contributed by atoms with Crippen LogP contribution in [-0.4, -0.2) is 33.4 Å². The van der Waals surface area contributed by atoms with Crippen molar-refractivity contribution in [3.63, 3.8) is 0 Å². The quantitative estimate of drug-likeness (QED) is 0.293. The molecule has 4 rings (SSSR count). The molecule has 0 saturated heterocycles. The standard InChI is InChI=1S/C21H19N5O3S2/c1-28-16-9-7-15(8-10-16)19-23-18(29-26-19)12-11-17(27)22-20-24-25-21(31-20)30-13-14-5-3-2-4-6-14/h2-10H,11-13H2,1H3,(H,22,24,27). The van der Waals surface area contributed by atoms with E-state index in [0.717, 1.165) is 21.4 Å². The van der Waals surface area contributed by atoms with Gasteiger partial charge in [-0.2, -0.15) is 4.98 Å². The molecule has 0 bridgehead atoms. The molecule has 2 heterocycles. The number of carbonyl (C=O) groups is 1. The molecule has 0 atom stereocenters. The van der Waals surface area contributed by atoms with Crippen LogP contribution in [0.5, 0.6) is 5.75 Å². The van der Waals surface area contributed by atoms with Gasteiger partial charge in [0.2, 0.25) is 22.8 Å². The predicted octanol–water partition coefficient (Wildman–Crippen LogP) is 4.46. The molecule has 0 radical (unpaired) electrons. The van der Waals surface area contributed by atoms with Gasteiger partial charge in [-0.05, 0) is 29.8 Å². The van der Waals surface area contributed by atoms with Gasteiger partial charge in [0.15, 0.2) is 4.34 Å². The van der Waals surface area contributed by atoms with Gasteiger partial charge in [-0.3, -0.25) is 4.79 Å². The van der Waals surface area contributed by atoms with Crippen LogP contribution < -0.4 is 10.1 Å². The van der Waals surface area contributed by atoms with Crippen LogP contribution >= 0.6 is 23.1 Å². The zero-order valence-corrected chi connectivity index (χ0v) is 18.3. The molecule has 1 amide bonds. The number of nitrogens with one attached hydrogen (secondary N) is 1. The Morgan fingerprint density at radius 1 is 1.13 bits per heavy atom. The molecule has 2 aromatic carbocycles. The first-order valence-electron chi connectivity index (χ1n) is 9.46. The Kier molecular flexibility index (Phi) is 6.90. The lowest BCUT2D eigenvalue weighted by molar-refractivity contribution is -0.116. The van der Waals surface area contributed by atoms with Gasteiger partial charge in [0.1, 0.15) is 5.75 Å². The normalized spacial score (nSPS) is 10.7. The number of carbonyl (C=O) groups excluding carboxylic acids is 1. The van der Waals surface area contributed by atoms with Crippen molar-refractivity contribution in [3.8, 4) is 17.1 Å². The van der Waals surface area contributed by atoms with Crippen molar-refractivity contribution in [2.24, 2.45) is 0 Å². The summed E-state index contributed by atoms with van der Waals surface area (Å²) in [5.41, 5.74) is 2.02. The second-order valence-electron chi connectivity index (χ2n) is 6.44. The lowest BCUT2D eigenvalue weighted by Crippen LogP contribution is -2.12. The molecule has 158 valence electrons. The maximum absolute atomic E-state index is 12.2. The van der Waals surface area contributed by atoms with Crippen LogP contribution in [0, 0.1) is 0 Å². The molecule has 0 fully saturated rings. The molecule has 0 aliphatic carbocycles. The maximum Gasteiger partial charge on any atom is 0.227 e. The molecular weight excluding hydrogens is 434 g/mol. The van der Waals surface area contributed by atoms with Crippen molar-refractivity contribution in [1.82, 2.24) is 20.3 Å². The minimum atomic E-state index is -0.181. The molecular formula is C21H19N5O3S2. The Hall–Kier alpha value is -3.24. The zero-order chi connectivity index (χ0) is 21.5. The number of aryl methyl sites for hydroxylation is 1. The minimum Gasteiger partial charge on any atom is -0.497 e. The summed E-state index contributed by atoms with van der Waals surface area (Å²) >= 11 is 2.94. The number of nitrogens with zero attached hydrogens (tertiary/aromatic N) is 4. The summed E-state index contributed by atoms with van der Waals surface area (Å²) < 4.78 is 11.2. The third kappa shape index (κ3) is 5.89. The minimum absolute atomic E-state index is 0.181. The monoisotopic (exact) mass is 453 g/mol. The van der Waals surface area contributed by atoms with Crippen LogP contribution in [0.25, 0.3) is 11.4 Å². The van der Waals surface area contributed by atoms with Gasteiger partial charge >= 0.3 is 0 Å². The zero-order valence-electron chi connectivity index (χ0n) is 16.6. The van der Waals surface area contributed by atoms with E-state index in [0.29, 0.717) is 23.3 Å². The van der Waals surface area contributed by atoms with Crippen LogP contribution in [0.15, 0.2) is 63.5 Å². The first kappa shape index (κ1) is 21.0. The number of methoxy groups -OCH3 is 1. The van der Waals surface area contributed by atoms with E-state index in [4.69, 9.17) is 9.26 Å². The molecule has 0 saturated carbocycles. The van der Waals surface area contributed by atoms with Gasteiger partial charge in [0, 0.05) is 24.2 Å². The largest absolute Gasteiger partial charge is 0.497 e. The fourth-order valence-corrected chi connectivity index (χ4v) is 4.38. The summed E-state index contributed by atoms with van der Waals surface area (Å²) in [6.45, 7) is 0. The Balaban J connectivity index is 1.25. The SMILES string of the molecule is COc1ccc(-c2noc(CCC(=O)Nc3nnc(SCc4ccccc4)s3)n2)cc1. The number of anilines is 1. The molecule has 0 aliphatic rings. The van der Waals surface area contributed by atoms with Crippen molar-refractivity contribution < 1.29 is 14.1 Å². The second-order valence-corrected chi connectivity index (χ2v) is 8.64. The summed E-state index contributed by atoms with van der Waals surface area (Å²) in [4.78, 5) is 16.6. The highest BCUT2D eigenvalue weighted by atomic mass is 32.2. The number of benzene rings is 2. The van der Waals surface area contributed by atoms with Gasteiger partial charge in [-0.1, -0.05) is 58.6 Å².